The van der Waals surface area contributed by atoms with E-state index in [1.165, 1.54) is 21.8 Å². The molecule has 5 aromatic rings. The van der Waals surface area contributed by atoms with Crippen molar-refractivity contribution in [1.29, 1.82) is 5.26 Å². The summed E-state index contributed by atoms with van der Waals surface area (Å²) in [6.07, 6.45) is 1.84. The lowest BCUT2D eigenvalue weighted by molar-refractivity contribution is 1.16. The molecule has 3 heteroatoms. The highest BCUT2D eigenvalue weighted by Crippen LogP contribution is 2.32. The Balaban J connectivity index is 1.74. The van der Waals surface area contributed by atoms with Crippen LogP contribution in [0.3, 0.4) is 0 Å². The van der Waals surface area contributed by atoms with Crippen LogP contribution in [-0.4, -0.2) is 9.55 Å². The predicted octanol–water partition coefficient (Wildman–Crippen LogP) is 5.72. The van der Waals surface area contributed by atoms with Gasteiger partial charge in [-0.3, -0.25) is 4.98 Å². The van der Waals surface area contributed by atoms with Gasteiger partial charge in [0, 0.05) is 28.2 Å². The summed E-state index contributed by atoms with van der Waals surface area (Å²) in [4.78, 5) is 4.54. The minimum atomic E-state index is 0.650. The first-order chi connectivity index (χ1) is 13.3. The zero-order chi connectivity index (χ0) is 18.2. The van der Waals surface area contributed by atoms with Gasteiger partial charge in [-0.15, -0.1) is 0 Å². The summed E-state index contributed by atoms with van der Waals surface area (Å²) >= 11 is 0. The number of hydrogen-bond acceptors (Lipinski definition) is 2. The molecule has 0 unspecified atom stereocenters. The fourth-order valence-electron chi connectivity index (χ4n) is 3.63. The molecule has 2 aromatic heterocycles. The average molecular weight is 345 g/mol. The quantitative estimate of drug-likeness (QED) is 0.411. The van der Waals surface area contributed by atoms with Crippen molar-refractivity contribution in [3.63, 3.8) is 0 Å². The van der Waals surface area contributed by atoms with E-state index < -0.39 is 0 Å². The van der Waals surface area contributed by atoms with Gasteiger partial charge in [-0.05, 0) is 36.4 Å². The van der Waals surface area contributed by atoms with E-state index in [-0.39, 0.29) is 0 Å². The van der Waals surface area contributed by atoms with E-state index in [1.54, 1.807) is 0 Å². The topological polar surface area (TPSA) is 41.6 Å². The van der Waals surface area contributed by atoms with E-state index in [4.69, 9.17) is 5.26 Å². The molecule has 3 nitrogen and oxygen atoms in total. The van der Waals surface area contributed by atoms with Crippen LogP contribution in [-0.2, 0) is 0 Å². The minimum Gasteiger partial charge on any atom is -0.309 e. The van der Waals surface area contributed by atoms with Crippen molar-refractivity contribution < 1.29 is 0 Å². The molecule has 0 radical (unpaired) electrons. The molecule has 0 aliphatic rings. The van der Waals surface area contributed by atoms with Crippen molar-refractivity contribution in [3.05, 3.63) is 96.7 Å². The van der Waals surface area contributed by atoms with Gasteiger partial charge < -0.3 is 4.57 Å². The molecular weight excluding hydrogens is 330 g/mol. The number of para-hydroxylation sites is 2. The second-order valence-electron chi connectivity index (χ2n) is 6.46. The maximum Gasteiger partial charge on any atom is 0.0991 e. The van der Waals surface area contributed by atoms with Crippen LogP contribution in [0.2, 0.25) is 0 Å². The maximum atomic E-state index is 9.00. The predicted molar refractivity (Wildman–Crippen MR) is 109 cm³/mol. The van der Waals surface area contributed by atoms with Crippen LogP contribution in [0.5, 0.6) is 0 Å². The summed E-state index contributed by atoms with van der Waals surface area (Å²) in [5, 5.41) is 11.5. The number of nitriles is 1. The first-order valence-corrected chi connectivity index (χ1v) is 8.80. The number of hydrogen-bond donors (Lipinski definition) is 0. The standard InChI is InChI=1S/C24H15N3/c25-16-17-9-11-18(12-10-17)22-15-19(13-14-26-22)27-23-7-3-1-5-20(23)21-6-2-4-8-24(21)27/h1-15H. The Kier molecular flexibility index (Phi) is 3.48. The number of pyridine rings is 1. The molecule has 0 bridgehead atoms. The average Bonchev–Trinajstić information content (AvgIpc) is 3.08. The molecule has 0 aliphatic heterocycles. The van der Waals surface area contributed by atoms with Crippen LogP contribution >= 0.6 is 0 Å². The van der Waals surface area contributed by atoms with Gasteiger partial charge in [0.15, 0.2) is 0 Å². The molecule has 3 aromatic carbocycles. The van der Waals surface area contributed by atoms with E-state index >= 15 is 0 Å². The number of fused-ring (bicyclic) bond motifs is 3. The van der Waals surface area contributed by atoms with E-state index in [9.17, 15) is 0 Å². The first kappa shape index (κ1) is 15.4. The largest absolute Gasteiger partial charge is 0.309 e. The smallest absolute Gasteiger partial charge is 0.0991 e. The van der Waals surface area contributed by atoms with Crippen molar-refractivity contribution in [1.82, 2.24) is 9.55 Å². The third-order valence-electron chi connectivity index (χ3n) is 4.89. The number of rotatable bonds is 2. The van der Waals surface area contributed by atoms with Gasteiger partial charge in [0.2, 0.25) is 0 Å². The van der Waals surface area contributed by atoms with Gasteiger partial charge in [0.1, 0.15) is 0 Å². The van der Waals surface area contributed by atoms with Crippen molar-refractivity contribution in [2.45, 2.75) is 0 Å². The molecule has 0 atom stereocenters. The van der Waals surface area contributed by atoms with Crippen LogP contribution < -0.4 is 0 Å². The van der Waals surface area contributed by atoms with Crippen LogP contribution in [0.1, 0.15) is 5.56 Å². The lowest BCUT2D eigenvalue weighted by atomic mass is 10.1. The van der Waals surface area contributed by atoms with E-state index in [0.717, 1.165) is 16.9 Å². The minimum absolute atomic E-state index is 0.650. The lowest BCUT2D eigenvalue weighted by Crippen LogP contribution is -1.95. The molecule has 0 spiro atoms. The molecule has 2 heterocycles. The summed E-state index contributed by atoms with van der Waals surface area (Å²) in [6, 6.07) is 30.7. The SMILES string of the molecule is N#Cc1ccc(-c2cc(-n3c4ccccc4c4ccccc43)ccn2)cc1. The third kappa shape index (κ3) is 2.47. The normalized spacial score (nSPS) is 10.9. The molecule has 0 aliphatic carbocycles. The Morgan fingerprint density at radius 2 is 1.37 bits per heavy atom. The Labute approximate surface area is 156 Å². The zero-order valence-corrected chi connectivity index (χ0v) is 14.5. The van der Waals surface area contributed by atoms with Gasteiger partial charge in [0.25, 0.3) is 0 Å². The Morgan fingerprint density at radius 3 is 2.00 bits per heavy atom. The molecule has 0 saturated carbocycles. The molecule has 126 valence electrons. The molecule has 5 rings (SSSR count). The lowest BCUT2D eigenvalue weighted by Gasteiger charge is -2.09. The molecule has 27 heavy (non-hydrogen) atoms. The van der Waals surface area contributed by atoms with Crippen molar-refractivity contribution in [3.8, 4) is 23.0 Å². The van der Waals surface area contributed by atoms with Gasteiger partial charge in [-0.2, -0.15) is 5.26 Å². The summed E-state index contributed by atoms with van der Waals surface area (Å²) in [6.45, 7) is 0. The molecule has 0 saturated heterocycles. The Hall–Kier alpha value is -3.90. The van der Waals surface area contributed by atoms with Crippen LogP contribution in [0.15, 0.2) is 91.1 Å². The van der Waals surface area contributed by atoms with Gasteiger partial charge in [-0.25, -0.2) is 0 Å². The fourth-order valence-corrected chi connectivity index (χ4v) is 3.63. The Morgan fingerprint density at radius 1 is 0.741 bits per heavy atom. The van der Waals surface area contributed by atoms with Crippen LogP contribution in [0.4, 0.5) is 0 Å². The van der Waals surface area contributed by atoms with Crippen molar-refractivity contribution in [2.24, 2.45) is 0 Å². The second kappa shape index (κ2) is 6.12. The van der Waals surface area contributed by atoms with E-state index in [2.05, 4.69) is 70.2 Å². The maximum absolute atomic E-state index is 9.00. The van der Waals surface area contributed by atoms with Gasteiger partial charge in [-0.1, -0.05) is 48.5 Å². The highest BCUT2D eigenvalue weighted by molar-refractivity contribution is 6.09. The first-order valence-electron chi connectivity index (χ1n) is 8.80. The highest BCUT2D eigenvalue weighted by Gasteiger charge is 2.12. The fraction of sp³-hybridized carbons (Fsp3) is 0. The molecule has 0 fully saturated rings. The van der Waals surface area contributed by atoms with Crippen LogP contribution in [0.25, 0.3) is 38.8 Å². The third-order valence-corrected chi connectivity index (χ3v) is 4.89. The summed E-state index contributed by atoms with van der Waals surface area (Å²) < 4.78 is 2.28. The van der Waals surface area contributed by atoms with Gasteiger partial charge in [0.05, 0.1) is 28.4 Å². The number of benzene rings is 3. The van der Waals surface area contributed by atoms with Crippen molar-refractivity contribution >= 4 is 21.8 Å². The highest BCUT2D eigenvalue weighted by atomic mass is 15.0. The number of aromatic nitrogens is 2. The summed E-state index contributed by atoms with van der Waals surface area (Å²) in [5.41, 5.74) is 5.96. The van der Waals surface area contributed by atoms with Crippen molar-refractivity contribution in [2.75, 3.05) is 0 Å². The summed E-state index contributed by atoms with van der Waals surface area (Å²) in [7, 11) is 0. The van der Waals surface area contributed by atoms with E-state index in [0.29, 0.717) is 5.56 Å². The van der Waals surface area contributed by atoms with E-state index in [1.807, 2.05) is 36.5 Å². The molecule has 0 N–H and O–H groups in total. The molecule has 0 amide bonds. The molecular formula is C24H15N3. The zero-order valence-electron chi connectivity index (χ0n) is 14.5. The number of nitrogens with zero attached hydrogens (tertiary/aromatic N) is 3. The summed E-state index contributed by atoms with van der Waals surface area (Å²) in [5.74, 6) is 0. The monoisotopic (exact) mass is 345 g/mol. The van der Waals surface area contributed by atoms with Gasteiger partial charge >= 0.3 is 0 Å². The second-order valence-corrected chi connectivity index (χ2v) is 6.46. The van der Waals surface area contributed by atoms with Crippen LogP contribution in [0, 0.1) is 11.3 Å². The Bertz CT molecular complexity index is 1270.